The van der Waals surface area contributed by atoms with Crippen LogP contribution in [0.5, 0.6) is 0 Å². The van der Waals surface area contributed by atoms with Crippen LogP contribution in [0, 0.1) is 0 Å². The molecule has 20 heavy (non-hydrogen) atoms. The quantitative estimate of drug-likeness (QED) is 0.687. The number of furan rings is 1. The Morgan fingerprint density at radius 1 is 1.25 bits per heavy atom. The fraction of sp³-hybridized carbons (Fsp3) is 0.200. The Morgan fingerprint density at radius 3 is 2.60 bits per heavy atom. The third-order valence-electron chi connectivity index (χ3n) is 2.76. The fourth-order valence-corrected chi connectivity index (χ4v) is 1.71. The van der Waals surface area contributed by atoms with E-state index in [0.29, 0.717) is 22.9 Å². The van der Waals surface area contributed by atoms with E-state index in [0.717, 1.165) is 11.3 Å². The Balaban J connectivity index is 2.16. The molecule has 0 saturated heterocycles. The van der Waals surface area contributed by atoms with Gasteiger partial charge in [-0.25, -0.2) is 5.43 Å². The van der Waals surface area contributed by atoms with Crippen LogP contribution in [0.1, 0.15) is 26.0 Å². The highest BCUT2D eigenvalue weighted by Crippen LogP contribution is 2.24. The van der Waals surface area contributed by atoms with E-state index in [-0.39, 0.29) is 5.91 Å². The lowest BCUT2D eigenvalue weighted by Crippen LogP contribution is -2.17. The molecule has 0 fully saturated rings. The van der Waals surface area contributed by atoms with Gasteiger partial charge < -0.3 is 4.42 Å². The molecule has 4 nitrogen and oxygen atoms in total. The second-order valence-electron chi connectivity index (χ2n) is 4.26. The zero-order valence-corrected chi connectivity index (χ0v) is 12.1. The van der Waals surface area contributed by atoms with Crippen LogP contribution in [0.2, 0.25) is 5.02 Å². The molecule has 2 aromatic rings. The molecular weight excluding hydrogens is 276 g/mol. The number of hydrogen-bond acceptors (Lipinski definition) is 3. The highest BCUT2D eigenvalue weighted by atomic mass is 35.5. The van der Waals surface area contributed by atoms with E-state index in [1.807, 2.05) is 36.4 Å². The van der Waals surface area contributed by atoms with E-state index in [4.69, 9.17) is 16.0 Å². The molecule has 1 N–H and O–H groups in total. The molecule has 0 aliphatic rings. The maximum absolute atomic E-state index is 11.1. The van der Waals surface area contributed by atoms with Crippen LogP contribution in [-0.4, -0.2) is 11.6 Å². The summed E-state index contributed by atoms with van der Waals surface area (Å²) < 4.78 is 5.71. The van der Waals surface area contributed by atoms with Gasteiger partial charge >= 0.3 is 0 Å². The number of hydrogen-bond donors (Lipinski definition) is 1. The summed E-state index contributed by atoms with van der Waals surface area (Å²) in [6.07, 6.45) is 0.394. The molecule has 0 aliphatic heterocycles. The number of nitrogens with zero attached hydrogens (tertiary/aromatic N) is 1. The van der Waals surface area contributed by atoms with Crippen molar-refractivity contribution >= 4 is 23.2 Å². The number of carbonyl (C=O) groups is 1. The van der Waals surface area contributed by atoms with Crippen LogP contribution in [0.15, 0.2) is 45.9 Å². The Bertz CT molecular complexity index is 630. The number of carbonyl (C=O) groups excluding carboxylic acids is 1. The highest BCUT2D eigenvalue weighted by Gasteiger charge is 2.07. The number of benzene rings is 1. The van der Waals surface area contributed by atoms with Crippen molar-refractivity contribution in [2.45, 2.75) is 20.3 Å². The summed E-state index contributed by atoms with van der Waals surface area (Å²) in [6, 6.07) is 11.1. The van der Waals surface area contributed by atoms with Gasteiger partial charge in [0.25, 0.3) is 0 Å². The molecule has 0 radical (unpaired) electrons. The number of amides is 1. The third kappa shape index (κ3) is 3.48. The van der Waals surface area contributed by atoms with Gasteiger partial charge in [0.15, 0.2) is 5.76 Å². The molecule has 1 aromatic heterocycles. The first kappa shape index (κ1) is 14.3. The molecule has 0 bridgehead atoms. The second-order valence-corrected chi connectivity index (χ2v) is 4.69. The van der Waals surface area contributed by atoms with E-state index < -0.39 is 0 Å². The Kier molecular flexibility index (Phi) is 4.58. The zero-order valence-electron chi connectivity index (χ0n) is 11.3. The third-order valence-corrected chi connectivity index (χ3v) is 3.01. The molecule has 0 atom stereocenters. The minimum Gasteiger partial charge on any atom is -0.455 e. The van der Waals surface area contributed by atoms with Crippen molar-refractivity contribution in [3.8, 4) is 11.3 Å². The average molecular weight is 291 g/mol. The molecule has 0 saturated carbocycles. The molecule has 104 valence electrons. The van der Waals surface area contributed by atoms with E-state index >= 15 is 0 Å². The van der Waals surface area contributed by atoms with Crippen LogP contribution in [0.4, 0.5) is 0 Å². The van der Waals surface area contributed by atoms with E-state index in [1.54, 1.807) is 13.8 Å². The Hall–Kier alpha value is -2.07. The van der Waals surface area contributed by atoms with Gasteiger partial charge in [0.2, 0.25) is 5.91 Å². The summed E-state index contributed by atoms with van der Waals surface area (Å²) in [7, 11) is 0. The molecule has 1 heterocycles. The van der Waals surface area contributed by atoms with Gasteiger partial charge in [0.05, 0.1) is 0 Å². The van der Waals surface area contributed by atoms with Crippen LogP contribution >= 0.6 is 11.6 Å². The second kappa shape index (κ2) is 6.39. The summed E-state index contributed by atoms with van der Waals surface area (Å²) in [6.45, 7) is 3.55. The fourth-order valence-electron chi connectivity index (χ4n) is 1.58. The standard InChI is InChI=1S/C15H15ClN2O2/c1-3-15(19)18-17-10(2)13-8-9-14(20-13)11-4-6-12(16)7-5-11/h4-9H,3H2,1-2H3,(H,18,19)/b17-10+. The SMILES string of the molecule is CCC(=O)N/N=C(\C)c1ccc(-c2ccc(Cl)cc2)o1. The number of halogens is 1. The normalized spacial score (nSPS) is 11.4. The first-order valence-electron chi connectivity index (χ1n) is 6.29. The largest absolute Gasteiger partial charge is 0.455 e. The molecule has 5 heteroatoms. The monoisotopic (exact) mass is 290 g/mol. The zero-order chi connectivity index (χ0) is 14.5. The average Bonchev–Trinajstić information content (AvgIpc) is 2.95. The van der Waals surface area contributed by atoms with Crippen molar-refractivity contribution in [1.82, 2.24) is 5.43 Å². The minimum atomic E-state index is -0.131. The van der Waals surface area contributed by atoms with Crippen LogP contribution in [-0.2, 0) is 4.79 Å². The van der Waals surface area contributed by atoms with Gasteiger partial charge in [-0.05, 0) is 43.3 Å². The molecule has 1 aromatic carbocycles. The topological polar surface area (TPSA) is 54.6 Å². The smallest absolute Gasteiger partial charge is 0.239 e. The molecular formula is C15H15ClN2O2. The molecule has 1 amide bonds. The van der Waals surface area contributed by atoms with Crippen LogP contribution in [0.3, 0.4) is 0 Å². The number of rotatable bonds is 4. The maximum atomic E-state index is 11.1. The minimum absolute atomic E-state index is 0.131. The van der Waals surface area contributed by atoms with E-state index in [1.165, 1.54) is 0 Å². The van der Waals surface area contributed by atoms with Gasteiger partial charge in [0.1, 0.15) is 11.5 Å². The lowest BCUT2D eigenvalue weighted by molar-refractivity contribution is -0.120. The summed E-state index contributed by atoms with van der Waals surface area (Å²) in [5.41, 5.74) is 4.01. The van der Waals surface area contributed by atoms with Gasteiger partial charge in [-0.2, -0.15) is 5.10 Å². The van der Waals surface area contributed by atoms with Crippen molar-refractivity contribution in [3.63, 3.8) is 0 Å². The molecule has 0 unspecified atom stereocenters. The molecule has 2 rings (SSSR count). The highest BCUT2D eigenvalue weighted by molar-refractivity contribution is 6.30. The van der Waals surface area contributed by atoms with Gasteiger partial charge in [-0.15, -0.1) is 0 Å². The van der Waals surface area contributed by atoms with Gasteiger partial charge in [0, 0.05) is 17.0 Å². The molecule has 0 spiro atoms. The lowest BCUT2D eigenvalue weighted by Gasteiger charge is -1.99. The van der Waals surface area contributed by atoms with Crippen molar-refractivity contribution in [2.24, 2.45) is 5.10 Å². The van der Waals surface area contributed by atoms with Crippen molar-refractivity contribution < 1.29 is 9.21 Å². The first-order chi connectivity index (χ1) is 9.60. The Morgan fingerprint density at radius 2 is 1.95 bits per heavy atom. The summed E-state index contributed by atoms with van der Waals surface area (Å²) >= 11 is 5.85. The summed E-state index contributed by atoms with van der Waals surface area (Å²) in [4.78, 5) is 11.1. The van der Waals surface area contributed by atoms with E-state index in [2.05, 4.69) is 10.5 Å². The summed E-state index contributed by atoms with van der Waals surface area (Å²) in [5, 5.41) is 4.67. The van der Waals surface area contributed by atoms with Gasteiger partial charge in [-0.1, -0.05) is 18.5 Å². The molecule has 0 aliphatic carbocycles. The van der Waals surface area contributed by atoms with Crippen molar-refractivity contribution in [3.05, 3.63) is 47.2 Å². The van der Waals surface area contributed by atoms with Crippen LogP contribution < -0.4 is 5.43 Å². The van der Waals surface area contributed by atoms with Gasteiger partial charge in [-0.3, -0.25) is 4.79 Å². The summed E-state index contributed by atoms with van der Waals surface area (Å²) in [5.74, 6) is 1.22. The van der Waals surface area contributed by atoms with Crippen LogP contribution in [0.25, 0.3) is 11.3 Å². The van der Waals surface area contributed by atoms with E-state index in [9.17, 15) is 4.79 Å². The lowest BCUT2D eigenvalue weighted by atomic mass is 10.2. The van der Waals surface area contributed by atoms with Crippen molar-refractivity contribution in [1.29, 1.82) is 0 Å². The Labute approximate surface area is 122 Å². The van der Waals surface area contributed by atoms with Crippen molar-refractivity contribution in [2.75, 3.05) is 0 Å². The predicted octanol–water partition coefficient (Wildman–Crippen LogP) is 3.85. The number of hydrazone groups is 1. The maximum Gasteiger partial charge on any atom is 0.239 e. The predicted molar refractivity (Wildman–Crippen MR) is 79.8 cm³/mol. The first-order valence-corrected chi connectivity index (χ1v) is 6.67. The number of nitrogens with one attached hydrogen (secondary N) is 1.